The number of hydrogen-bond donors (Lipinski definition) is 2. The molecule has 0 bridgehead atoms. The van der Waals surface area contributed by atoms with Gasteiger partial charge >= 0.3 is 5.97 Å². The summed E-state index contributed by atoms with van der Waals surface area (Å²) in [5.74, 6) is -0.942. The van der Waals surface area contributed by atoms with Gasteiger partial charge in [-0.3, -0.25) is 5.10 Å². The van der Waals surface area contributed by atoms with Crippen molar-refractivity contribution in [2.45, 2.75) is 0 Å². The number of carbonyl (C=O) groups is 1. The first-order valence-electron chi connectivity index (χ1n) is 5.48. The molecular formula is C13H8BrN3O2. The quantitative estimate of drug-likeness (QED) is 0.761. The van der Waals surface area contributed by atoms with Gasteiger partial charge < -0.3 is 5.11 Å². The molecule has 2 N–H and O–H groups in total. The normalized spacial score (nSPS) is 10.8. The SMILES string of the molecule is O=C(O)c1ccc(-c2n[nH]c3ncc(Br)cc23)cc1. The number of halogens is 1. The molecule has 2 heterocycles. The third-order valence-electron chi connectivity index (χ3n) is 2.79. The van der Waals surface area contributed by atoms with E-state index in [2.05, 4.69) is 31.1 Å². The van der Waals surface area contributed by atoms with E-state index >= 15 is 0 Å². The van der Waals surface area contributed by atoms with Crippen LogP contribution in [0.25, 0.3) is 22.3 Å². The second-order valence-corrected chi connectivity index (χ2v) is 4.92. The Morgan fingerprint density at radius 2 is 2.00 bits per heavy atom. The molecule has 0 atom stereocenters. The molecule has 0 fully saturated rings. The van der Waals surface area contributed by atoms with Gasteiger partial charge in [-0.05, 0) is 34.1 Å². The number of aromatic amines is 1. The molecule has 6 heteroatoms. The van der Waals surface area contributed by atoms with Crippen molar-refractivity contribution in [3.05, 3.63) is 46.6 Å². The number of pyridine rings is 1. The van der Waals surface area contributed by atoms with Gasteiger partial charge in [-0.25, -0.2) is 9.78 Å². The van der Waals surface area contributed by atoms with E-state index in [9.17, 15) is 4.79 Å². The Morgan fingerprint density at radius 3 is 2.68 bits per heavy atom. The van der Waals surface area contributed by atoms with Gasteiger partial charge in [0, 0.05) is 21.6 Å². The fraction of sp³-hybridized carbons (Fsp3) is 0. The molecular weight excluding hydrogens is 310 g/mol. The van der Waals surface area contributed by atoms with Gasteiger partial charge in [0.25, 0.3) is 0 Å². The summed E-state index contributed by atoms with van der Waals surface area (Å²) in [5.41, 5.74) is 2.54. The summed E-state index contributed by atoms with van der Waals surface area (Å²) in [6, 6.07) is 8.51. The molecule has 3 rings (SSSR count). The second-order valence-electron chi connectivity index (χ2n) is 4.00. The molecule has 0 saturated carbocycles. The molecule has 0 aliphatic heterocycles. The summed E-state index contributed by atoms with van der Waals surface area (Å²) >= 11 is 3.37. The number of H-pyrrole nitrogens is 1. The van der Waals surface area contributed by atoms with Crippen LogP contribution in [0.4, 0.5) is 0 Å². The highest BCUT2D eigenvalue weighted by Gasteiger charge is 2.10. The van der Waals surface area contributed by atoms with Crippen molar-refractivity contribution < 1.29 is 9.90 Å². The Kier molecular flexibility index (Phi) is 2.79. The lowest BCUT2D eigenvalue weighted by Gasteiger charge is -1.99. The number of fused-ring (bicyclic) bond motifs is 1. The van der Waals surface area contributed by atoms with E-state index in [0.29, 0.717) is 5.65 Å². The first-order chi connectivity index (χ1) is 9.15. The molecule has 0 spiro atoms. The lowest BCUT2D eigenvalue weighted by molar-refractivity contribution is 0.0697. The van der Waals surface area contributed by atoms with E-state index in [-0.39, 0.29) is 5.56 Å². The third kappa shape index (κ3) is 2.10. The van der Waals surface area contributed by atoms with E-state index < -0.39 is 5.97 Å². The molecule has 94 valence electrons. The summed E-state index contributed by atoms with van der Waals surface area (Å²) in [5, 5.41) is 16.8. The summed E-state index contributed by atoms with van der Waals surface area (Å²) in [7, 11) is 0. The predicted octanol–water partition coefficient (Wildman–Crippen LogP) is 3.09. The minimum Gasteiger partial charge on any atom is -0.478 e. The predicted molar refractivity (Wildman–Crippen MR) is 74.0 cm³/mol. The summed E-state index contributed by atoms with van der Waals surface area (Å²) in [6.07, 6.45) is 1.69. The molecule has 5 nitrogen and oxygen atoms in total. The highest BCUT2D eigenvalue weighted by molar-refractivity contribution is 9.10. The highest BCUT2D eigenvalue weighted by Crippen LogP contribution is 2.27. The maximum atomic E-state index is 10.8. The number of aromatic nitrogens is 3. The number of aromatic carboxylic acids is 1. The van der Waals surface area contributed by atoms with Crippen LogP contribution in [-0.4, -0.2) is 26.3 Å². The Bertz CT molecular complexity index is 765. The van der Waals surface area contributed by atoms with Gasteiger partial charge in [-0.2, -0.15) is 5.10 Å². The molecule has 0 saturated heterocycles. The molecule has 0 unspecified atom stereocenters. The van der Waals surface area contributed by atoms with E-state index in [1.807, 2.05) is 6.07 Å². The Morgan fingerprint density at radius 1 is 1.26 bits per heavy atom. The molecule has 3 aromatic rings. The second kappa shape index (κ2) is 4.47. The van der Waals surface area contributed by atoms with Gasteiger partial charge in [0.05, 0.1) is 5.56 Å². The zero-order valence-corrected chi connectivity index (χ0v) is 11.2. The van der Waals surface area contributed by atoms with Crippen LogP contribution >= 0.6 is 15.9 Å². The van der Waals surface area contributed by atoms with Crippen LogP contribution in [0.1, 0.15) is 10.4 Å². The molecule has 0 radical (unpaired) electrons. The van der Waals surface area contributed by atoms with Crippen LogP contribution in [0.5, 0.6) is 0 Å². The highest BCUT2D eigenvalue weighted by atomic mass is 79.9. The fourth-order valence-corrected chi connectivity index (χ4v) is 2.20. The van der Waals surface area contributed by atoms with E-state index in [0.717, 1.165) is 21.1 Å². The van der Waals surface area contributed by atoms with Gasteiger partial charge in [0.1, 0.15) is 5.69 Å². The van der Waals surface area contributed by atoms with Crippen molar-refractivity contribution in [1.29, 1.82) is 0 Å². The number of nitrogens with zero attached hydrogens (tertiary/aromatic N) is 2. The molecule has 2 aromatic heterocycles. The Hall–Kier alpha value is -2.21. The first-order valence-corrected chi connectivity index (χ1v) is 6.28. The topological polar surface area (TPSA) is 78.9 Å². The van der Waals surface area contributed by atoms with Crippen LogP contribution in [0.15, 0.2) is 41.0 Å². The average molecular weight is 318 g/mol. The number of carboxylic acids is 1. The van der Waals surface area contributed by atoms with E-state index in [4.69, 9.17) is 5.11 Å². The van der Waals surface area contributed by atoms with Gasteiger partial charge in [-0.15, -0.1) is 0 Å². The fourth-order valence-electron chi connectivity index (χ4n) is 1.87. The molecule has 0 amide bonds. The molecule has 19 heavy (non-hydrogen) atoms. The number of carboxylic acid groups (broad SMARTS) is 1. The standard InChI is InChI=1S/C13H8BrN3O2/c14-9-5-10-11(16-17-12(10)15-6-9)7-1-3-8(4-2-7)13(18)19/h1-6H,(H,18,19)(H,15,16,17). The van der Waals surface area contributed by atoms with Crippen LogP contribution in [0.3, 0.4) is 0 Å². The van der Waals surface area contributed by atoms with Crippen molar-refractivity contribution >= 4 is 32.9 Å². The minimum atomic E-state index is -0.942. The van der Waals surface area contributed by atoms with Gasteiger partial charge in [0.2, 0.25) is 0 Å². The number of hydrogen-bond acceptors (Lipinski definition) is 3. The van der Waals surface area contributed by atoms with E-state index in [1.54, 1.807) is 30.5 Å². The van der Waals surface area contributed by atoms with Gasteiger partial charge in [0.15, 0.2) is 5.65 Å². The molecule has 1 aromatic carbocycles. The molecule has 0 aliphatic carbocycles. The average Bonchev–Trinajstić information content (AvgIpc) is 2.81. The van der Waals surface area contributed by atoms with Crippen molar-refractivity contribution in [3.63, 3.8) is 0 Å². The zero-order valence-electron chi connectivity index (χ0n) is 9.59. The third-order valence-corrected chi connectivity index (χ3v) is 3.22. The summed E-state index contributed by atoms with van der Waals surface area (Å²) < 4.78 is 0.866. The van der Waals surface area contributed by atoms with Crippen LogP contribution in [0, 0.1) is 0 Å². The van der Waals surface area contributed by atoms with Crippen molar-refractivity contribution in [2.24, 2.45) is 0 Å². The number of nitrogens with one attached hydrogen (secondary N) is 1. The summed E-state index contributed by atoms with van der Waals surface area (Å²) in [4.78, 5) is 15.0. The zero-order chi connectivity index (χ0) is 13.4. The van der Waals surface area contributed by atoms with E-state index in [1.165, 1.54) is 0 Å². The Balaban J connectivity index is 2.13. The van der Waals surface area contributed by atoms with Gasteiger partial charge in [-0.1, -0.05) is 12.1 Å². The number of benzene rings is 1. The van der Waals surface area contributed by atoms with Crippen molar-refractivity contribution in [3.8, 4) is 11.3 Å². The maximum absolute atomic E-state index is 10.8. The Labute approximate surface area is 116 Å². The van der Waals surface area contributed by atoms with Crippen molar-refractivity contribution in [2.75, 3.05) is 0 Å². The maximum Gasteiger partial charge on any atom is 0.335 e. The summed E-state index contributed by atoms with van der Waals surface area (Å²) in [6.45, 7) is 0. The number of rotatable bonds is 2. The minimum absolute atomic E-state index is 0.253. The van der Waals surface area contributed by atoms with Crippen LogP contribution in [-0.2, 0) is 0 Å². The van der Waals surface area contributed by atoms with Crippen molar-refractivity contribution in [1.82, 2.24) is 15.2 Å². The lowest BCUT2D eigenvalue weighted by atomic mass is 10.1. The lowest BCUT2D eigenvalue weighted by Crippen LogP contribution is -1.95. The molecule has 0 aliphatic rings. The monoisotopic (exact) mass is 317 g/mol. The first kappa shape index (κ1) is 11.9. The largest absolute Gasteiger partial charge is 0.478 e. The smallest absolute Gasteiger partial charge is 0.335 e. The van der Waals surface area contributed by atoms with Crippen LogP contribution < -0.4 is 0 Å². The van der Waals surface area contributed by atoms with Crippen LogP contribution in [0.2, 0.25) is 0 Å².